The standard InChI is InChI=1S/C8H8N2.C7H6N2/c1-10-6-4-7-3-2-5-9-8(7)10;1-2-6-3-5-9-7(6)8-4-1/h2-6H,1H3;1-5H,(H,8,9). The van der Waals surface area contributed by atoms with Gasteiger partial charge in [-0.2, -0.15) is 0 Å². The van der Waals surface area contributed by atoms with Gasteiger partial charge in [0.1, 0.15) is 11.3 Å². The fourth-order valence-electron chi connectivity index (χ4n) is 1.98. The lowest BCUT2D eigenvalue weighted by molar-refractivity contribution is 0.948. The Balaban J connectivity index is 0.000000117. The summed E-state index contributed by atoms with van der Waals surface area (Å²) in [7, 11) is 2.00. The molecule has 0 aliphatic carbocycles. The zero-order valence-electron chi connectivity index (χ0n) is 10.6. The molecule has 0 unspecified atom stereocenters. The predicted octanol–water partition coefficient (Wildman–Crippen LogP) is 3.14. The van der Waals surface area contributed by atoms with E-state index in [4.69, 9.17) is 0 Å². The fraction of sp³-hybridized carbons (Fsp3) is 0.0667. The number of fused-ring (bicyclic) bond motifs is 2. The molecule has 0 amide bonds. The molecule has 0 saturated heterocycles. The number of hydrogen-bond donors (Lipinski definition) is 1. The first kappa shape index (κ1) is 11.5. The summed E-state index contributed by atoms with van der Waals surface area (Å²) >= 11 is 0. The lowest BCUT2D eigenvalue weighted by Gasteiger charge is -1.91. The van der Waals surface area contributed by atoms with Crippen LogP contribution >= 0.6 is 0 Å². The molecule has 4 aromatic rings. The second-order valence-electron chi connectivity index (χ2n) is 4.26. The Hall–Kier alpha value is -2.62. The maximum absolute atomic E-state index is 4.20. The summed E-state index contributed by atoms with van der Waals surface area (Å²) in [5, 5.41) is 2.36. The van der Waals surface area contributed by atoms with Crippen molar-refractivity contribution in [2.75, 3.05) is 0 Å². The van der Waals surface area contributed by atoms with Gasteiger partial charge in [0.05, 0.1) is 0 Å². The Labute approximate surface area is 110 Å². The van der Waals surface area contributed by atoms with Crippen LogP contribution in [0.4, 0.5) is 0 Å². The number of aromatic nitrogens is 4. The topological polar surface area (TPSA) is 46.5 Å². The summed E-state index contributed by atoms with van der Waals surface area (Å²) in [5.41, 5.74) is 2.00. The summed E-state index contributed by atoms with van der Waals surface area (Å²) in [5.74, 6) is 0. The third-order valence-electron chi connectivity index (χ3n) is 2.95. The van der Waals surface area contributed by atoms with E-state index in [1.54, 1.807) is 6.20 Å². The van der Waals surface area contributed by atoms with Crippen LogP contribution in [-0.4, -0.2) is 19.5 Å². The summed E-state index contributed by atoms with van der Waals surface area (Å²) < 4.78 is 2.01. The van der Waals surface area contributed by atoms with E-state index in [1.165, 1.54) is 5.39 Å². The molecule has 0 aromatic carbocycles. The second kappa shape index (κ2) is 4.94. The van der Waals surface area contributed by atoms with Crippen LogP contribution in [0.2, 0.25) is 0 Å². The number of pyridine rings is 2. The van der Waals surface area contributed by atoms with Crippen LogP contribution in [0.15, 0.2) is 61.2 Å². The predicted molar refractivity (Wildman–Crippen MR) is 76.8 cm³/mol. The van der Waals surface area contributed by atoms with Crippen LogP contribution in [0.25, 0.3) is 22.1 Å². The number of nitrogens with zero attached hydrogens (tertiary/aromatic N) is 3. The zero-order valence-corrected chi connectivity index (χ0v) is 10.6. The zero-order chi connectivity index (χ0) is 13.1. The van der Waals surface area contributed by atoms with Crippen molar-refractivity contribution >= 4 is 22.1 Å². The number of rotatable bonds is 0. The Bertz CT molecular complexity index is 768. The van der Waals surface area contributed by atoms with Crippen LogP contribution in [0.1, 0.15) is 0 Å². The Kier molecular flexibility index (Phi) is 2.98. The van der Waals surface area contributed by atoms with Gasteiger partial charge in [-0.15, -0.1) is 0 Å². The van der Waals surface area contributed by atoms with Gasteiger partial charge in [-0.25, -0.2) is 9.97 Å². The molecule has 0 radical (unpaired) electrons. The Morgan fingerprint density at radius 2 is 1.74 bits per heavy atom. The van der Waals surface area contributed by atoms with Crippen molar-refractivity contribution in [3.8, 4) is 0 Å². The molecule has 4 heterocycles. The Morgan fingerprint density at radius 1 is 0.947 bits per heavy atom. The van der Waals surface area contributed by atoms with E-state index >= 15 is 0 Å². The molecule has 0 saturated carbocycles. The van der Waals surface area contributed by atoms with E-state index in [2.05, 4.69) is 27.1 Å². The monoisotopic (exact) mass is 250 g/mol. The molecule has 0 spiro atoms. The first-order valence-corrected chi connectivity index (χ1v) is 6.09. The van der Waals surface area contributed by atoms with E-state index < -0.39 is 0 Å². The van der Waals surface area contributed by atoms with Gasteiger partial charge in [-0.05, 0) is 36.4 Å². The van der Waals surface area contributed by atoms with Gasteiger partial charge in [-0.3, -0.25) is 0 Å². The van der Waals surface area contributed by atoms with Crippen molar-refractivity contribution in [2.45, 2.75) is 0 Å². The molecule has 4 nitrogen and oxygen atoms in total. The van der Waals surface area contributed by atoms with Crippen LogP contribution < -0.4 is 0 Å². The van der Waals surface area contributed by atoms with Crippen molar-refractivity contribution in [1.82, 2.24) is 19.5 Å². The average Bonchev–Trinajstić information content (AvgIpc) is 3.07. The summed E-state index contributed by atoms with van der Waals surface area (Å²) in [4.78, 5) is 11.3. The molecule has 0 aliphatic heterocycles. The van der Waals surface area contributed by atoms with Gasteiger partial charge in [-0.1, -0.05) is 0 Å². The fourth-order valence-corrected chi connectivity index (χ4v) is 1.98. The van der Waals surface area contributed by atoms with Gasteiger partial charge in [0.2, 0.25) is 0 Å². The first-order chi connectivity index (χ1) is 9.34. The number of nitrogens with one attached hydrogen (secondary N) is 1. The molecule has 0 atom stereocenters. The molecule has 0 fully saturated rings. The maximum atomic E-state index is 4.20. The maximum Gasteiger partial charge on any atom is 0.139 e. The second-order valence-corrected chi connectivity index (χ2v) is 4.26. The smallest absolute Gasteiger partial charge is 0.139 e. The van der Waals surface area contributed by atoms with Gasteiger partial charge in [0.25, 0.3) is 0 Å². The summed E-state index contributed by atoms with van der Waals surface area (Å²) in [6.45, 7) is 0. The number of H-pyrrole nitrogens is 1. The molecule has 1 N–H and O–H groups in total. The molecule has 4 aromatic heterocycles. The van der Waals surface area contributed by atoms with Crippen molar-refractivity contribution in [2.24, 2.45) is 7.05 Å². The van der Waals surface area contributed by atoms with Crippen molar-refractivity contribution in [3.63, 3.8) is 0 Å². The van der Waals surface area contributed by atoms with Crippen LogP contribution in [-0.2, 0) is 7.05 Å². The third-order valence-corrected chi connectivity index (χ3v) is 2.95. The van der Waals surface area contributed by atoms with Crippen LogP contribution in [0, 0.1) is 0 Å². The minimum Gasteiger partial charge on any atom is -0.346 e. The largest absolute Gasteiger partial charge is 0.346 e. The summed E-state index contributed by atoms with van der Waals surface area (Å²) in [6, 6.07) is 12.0. The lowest BCUT2D eigenvalue weighted by atomic mass is 10.3. The minimum atomic E-state index is 0.956. The third kappa shape index (κ3) is 2.33. The van der Waals surface area contributed by atoms with E-state index in [-0.39, 0.29) is 0 Å². The molecule has 0 aliphatic rings. The molecule has 4 heteroatoms. The van der Waals surface area contributed by atoms with Crippen LogP contribution in [0.5, 0.6) is 0 Å². The average molecular weight is 250 g/mol. The van der Waals surface area contributed by atoms with E-state index in [0.29, 0.717) is 0 Å². The first-order valence-electron chi connectivity index (χ1n) is 6.09. The minimum absolute atomic E-state index is 0.956. The number of aromatic amines is 1. The van der Waals surface area contributed by atoms with E-state index in [9.17, 15) is 0 Å². The highest BCUT2D eigenvalue weighted by atomic mass is 15.0. The van der Waals surface area contributed by atoms with Crippen LogP contribution in [0.3, 0.4) is 0 Å². The molecule has 19 heavy (non-hydrogen) atoms. The van der Waals surface area contributed by atoms with Crippen molar-refractivity contribution < 1.29 is 0 Å². The lowest BCUT2D eigenvalue weighted by Crippen LogP contribution is -1.85. The molecule has 4 rings (SSSR count). The molecule has 0 bridgehead atoms. The highest BCUT2D eigenvalue weighted by molar-refractivity contribution is 5.75. The molecular formula is C15H14N4. The highest BCUT2D eigenvalue weighted by Crippen LogP contribution is 2.09. The highest BCUT2D eigenvalue weighted by Gasteiger charge is 1.94. The van der Waals surface area contributed by atoms with E-state index in [1.807, 2.05) is 54.5 Å². The Morgan fingerprint density at radius 3 is 2.53 bits per heavy atom. The molecular weight excluding hydrogens is 236 g/mol. The van der Waals surface area contributed by atoms with E-state index in [0.717, 1.165) is 16.7 Å². The number of aryl methyl sites for hydroxylation is 1. The van der Waals surface area contributed by atoms with Crippen molar-refractivity contribution in [3.05, 3.63) is 61.2 Å². The number of hydrogen-bond acceptors (Lipinski definition) is 2. The van der Waals surface area contributed by atoms with Gasteiger partial charge in [0.15, 0.2) is 0 Å². The van der Waals surface area contributed by atoms with Gasteiger partial charge < -0.3 is 9.55 Å². The SMILES string of the molecule is Cn1ccc2cccnc21.c1cnc2[nH]ccc2c1. The normalized spacial score (nSPS) is 10.4. The van der Waals surface area contributed by atoms with Crippen molar-refractivity contribution in [1.29, 1.82) is 0 Å². The summed E-state index contributed by atoms with van der Waals surface area (Å²) in [6.07, 6.45) is 7.48. The van der Waals surface area contributed by atoms with Gasteiger partial charge >= 0.3 is 0 Å². The quantitative estimate of drug-likeness (QED) is 0.521. The van der Waals surface area contributed by atoms with Gasteiger partial charge in [0, 0.05) is 42.6 Å². The molecule has 94 valence electrons.